The lowest BCUT2D eigenvalue weighted by atomic mass is 10.2. The predicted molar refractivity (Wildman–Crippen MR) is 95.3 cm³/mol. The summed E-state index contributed by atoms with van der Waals surface area (Å²) in [6, 6.07) is -0.608. The summed E-state index contributed by atoms with van der Waals surface area (Å²) in [4.78, 5) is 41.9. The Balaban J connectivity index is 2.51. The SMILES string of the molecule is CC[C@@H](C)n1c(C)cn2c3c(=O)n([C@H](C)C(C)=O)c(=O)n(C)c3nc12. The first-order valence-corrected chi connectivity index (χ1v) is 8.42. The van der Waals surface area contributed by atoms with Crippen LogP contribution in [0, 0.1) is 6.92 Å². The smallest absolute Gasteiger partial charge is 0.311 e. The Bertz CT molecular complexity index is 1110. The first-order chi connectivity index (χ1) is 11.7. The number of rotatable bonds is 4. The molecule has 0 aliphatic heterocycles. The lowest BCUT2D eigenvalue weighted by molar-refractivity contribution is -0.119. The number of fused-ring (bicyclic) bond motifs is 3. The molecular weight excluding hydrogens is 322 g/mol. The standard InChI is InChI=1S/C17H23N5O3/c1-7-9(2)21-10(3)8-20-13-14(18-16(20)21)19(6)17(25)22(15(13)24)11(4)12(5)23/h8-9,11H,7H2,1-6H3/t9-,11-/m1/s1. The molecule has 3 aromatic heterocycles. The van der Waals surface area contributed by atoms with Gasteiger partial charge in [0.1, 0.15) is 0 Å². The highest BCUT2D eigenvalue weighted by Gasteiger charge is 2.24. The van der Waals surface area contributed by atoms with Crippen LogP contribution in [0.5, 0.6) is 0 Å². The number of nitrogens with zero attached hydrogens (tertiary/aromatic N) is 5. The van der Waals surface area contributed by atoms with Crippen LogP contribution in [0.3, 0.4) is 0 Å². The third-order valence-corrected chi connectivity index (χ3v) is 5.02. The molecule has 0 saturated carbocycles. The number of carbonyl (C=O) groups excluding carboxylic acids is 1. The molecule has 0 saturated heterocycles. The highest BCUT2D eigenvalue weighted by molar-refractivity contribution is 5.80. The fourth-order valence-electron chi connectivity index (χ4n) is 3.24. The molecule has 3 aromatic rings. The number of imidazole rings is 2. The lowest BCUT2D eigenvalue weighted by Gasteiger charge is -2.13. The van der Waals surface area contributed by atoms with Gasteiger partial charge in [-0.1, -0.05) is 6.92 Å². The van der Waals surface area contributed by atoms with Gasteiger partial charge in [0.15, 0.2) is 16.9 Å². The van der Waals surface area contributed by atoms with Crippen LogP contribution >= 0.6 is 0 Å². The van der Waals surface area contributed by atoms with Crippen molar-refractivity contribution >= 4 is 22.7 Å². The summed E-state index contributed by atoms with van der Waals surface area (Å²) in [6.07, 6.45) is 2.77. The zero-order valence-electron chi connectivity index (χ0n) is 15.4. The van der Waals surface area contributed by atoms with Crippen LogP contribution in [-0.2, 0) is 11.8 Å². The lowest BCUT2D eigenvalue weighted by Crippen LogP contribution is -2.42. The van der Waals surface area contributed by atoms with Crippen molar-refractivity contribution in [1.29, 1.82) is 0 Å². The second-order valence-corrected chi connectivity index (χ2v) is 6.66. The molecule has 25 heavy (non-hydrogen) atoms. The van der Waals surface area contributed by atoms with Crippen LogP contribution in [0.15, 0.2) is 15.8 Å². The van der Waals surface area contributed by atoms with Crippen molar-refractivity contribution in [1.82, 2.24) is 23.1 Å². The zero-order valence-corrected chi connectivity index (χ0v) is 15.4. The Morgan fingerprint density at radius 1 is 1.24 bits per heavy atom. The van der Waals surface area contributed by atoms with E-state index in [2.05, 4.69) is 23.4 Å². The summed E-state index contributed by atoms with van der Waals surface area (Å²) in [5.41, 5.74) is 0.602. The van der Waals surface area contributed by atoms with E-state index < -0.39 is 17.3 Å². The molecule has 0 aliphatic carbocycles. The van der Waals surface area contributed by atoms with Crippen molar-refractivity contribution in [3.63, 3.8) is 0 Å². The zero-order chi connectivity index (χ0) is 18.6. The Hall–Kier alpha value is -2.64. The first kappa shape index (κ1) is 17.2. The van der Waals surface area contributed by atoms with E-state index >= 15 is 0 Å². The van der Waals surface area contributed by atoms with Gasteiger partial charge >= 0.3 is 5.69 Å². The second kappa shape index (κ2) is 5.72. The molecule has 0 radical (unpaired) electrons. The maximum Gasteiger partial charge on any atom is 0.333 e. The van der Waals surface area contributed by atoms with E-state index in [1.54, 1.807) is 18.4 Å². The van der Waals surface area contributed by atoms with Gasteiger partial charge in [0.2, 0.25) is 5.78 Å². The number of carbonyl (C=O) groups is 1. The van der Waals surface area contributed by atoms with Crippen LogP contribution in [0.1, 0.15) is 51.9 Å². The molecule has 0 fully saturated rings. The van der Waals surface area contributed by atoms with E-state index in [0.29, 0.717) is 16.9 Å². The van der Waals surface area contributed by atoms with E-state index in [4.69, 9.17) is 0 Å². The molecule has 3 rings (SSSR count). The molecule has 134 valence electrons. The van der Waals surface area contributed by atoms with E-state index in [0.717, 1.165) is 16.7 Å². The summed E-state index contributed by atoms with van der Waals surface area (Å²) in [7, 11) is 1.57. The number of aromatic nitrogens is 5. The largest absolute Gasteiger partial charge is 0.333 e. The average Bonchev–Trinajstić information content (AvgIpc) is 3.06. The van der Waals surface area contributed by atoms with Crippen LogP contribution < -0.4 is 11.2 Å². The minimum Gasteiger partial charge on any atom is -0.311 e. The van der Waals surface area contributed by atoms with Gasteiger partial charge < -0.3 is 4.57 Å². The number of hydrogen-bond acceptors (Lipinski definition) is 4. The molecule has 0 N–H and O–H groups in total. The first-order valence-electron chi connectivity index (χ1n) is 8.42. The van der Waals surface area contributed by atoms with E-state index in [9.17, 15) is 14.4 Å². The minimum absolute atomic E-state index is 0.213. The Kier molecular flexibility index (Phi) is 3.93. The van der Waals surface area contributed by atoms with Gasteiger partial charge in [0.05, 0.1) is 6.04 Å². The molecule has 0 spiro atoms. The van der Waals surface area contributed by atoms with Crippen molar-refractivity contribution in [2.24, 2.45) is 7.05 Å². The number of aryl methyl sites for hydroxylation is 2. The Morgan fingerprint density at radius 3 is 2.44 bits per heavy atom. The summed E-state index contributed by atoms with van der Waals surface area (Å²) in [5, 5.41) is 0. The molecule has 2 atom stereocenters. The monoisotopic (exact) mass is 345 g/mol. The van der Waals surface area contributed by atoms with Crippen molar-refractivity contribution in [3.8, 4) is 0 Å². The summed E-state index contributed by atoms with van der Waals surface area (Å²) in [6.45, 7) is 9.06. The molecule has 8 heteroatoms. The van der Waals surface area contributed by atoms with Gasteiger partial charge in [-0.2, -0.15) is 4.98 Å². The van der Waals surface area contributed by atoms with Crippen molar-refractivity contribution in [3.05, 3.63) is 32.7 Å². The fraction of sp³-hybridized carbons (Fsp3) is 0.529. The minimum atomic E-state index is -0.820. The average molecular weight is 345 g/mol. The molecule has 3 heterocycles. The van der Waals surface area contributed by atoms with Gasteiger partial charge in [-0.3, -0.25) is 18.6 Å². The van der Waals surface area contributed by atoms with Gasteiger partial charge in [0.25, 0.3) is 5.56 Å². The number of ketones is 1. The second-order valence-electron chi connectivity index (χ2n) is 6.66. The normalized spacial score (nSPS) is 14.3. The molecule has 0 aliphatic rings. The van der Waals surface area contributed by atoms with E-state index in [1.807, 2.05) is 13.1 Å². The maximum atomic E-state index is 13.0. The molecule has 0 aromatic carbocycles. The third kappa shape index (κ3) is 2.27. The number of hydrogen-bond donors (Lipinski definition) is 0. The summed E-state index contributed by atoms with van der Waals surface area (Å²) < 4.78 is 6.12. The highest BCUT2D eigenvalue weighted by atomic mass is 16.2. The van der Waals surface area contributed by atoms with Crippen molar-refractivity contribution in [2.45, 2.75) is 53.1 Å². The molecular formula is C17H23N5O3. The Labute approximate surface area is 144 Å². The maximum absolute atomic E-state index is 13.0. The Morgan fingerprint density at radius 2 is 1.88 bits per heavy atom. The van der Waals surface area contributed by atoms with Crippen molar-refractivity contribution < 1.29 is 4.79 Å². The highest BCUT2D eigenvalue weighted by Crippen LogP contribution is 2.22. The van der Waals surface area contributed by atoms with Gasteiger partial charge in [-0.15, -0.1) is 0 Å². The fourth-order valence-corrected chi connectivity index (χ4v) is 3.24. The molecule has 8 nitrogen and oxygen atoms in total. The predicted octanol–water partition coefficient (Wildman–Crippen LogP) is 1.58. The quantitative estimate of drug-likeness (QED) is 0.719. The van der Waals surface area contributed by atoms with Gasteiger partial charge in [0, 0.05) is 25.0 Å². The molecule has 0 bridgehead atoms. The summed E-state index contributed by atoms with van der Waals surface area (Å²) in [5.74, 6) is 0.384. The van der Waals surface area contributed by atoms with Crippen LogP contribution in [0.4, 0.5) is 0 Å². The van der Waals surface area contributed by atoms with E-state index in [-0.39, 0.29) is 11.8 Å². The van der Waals surface area contributed by atoms with Crippen molar-refractivity contribution in [2.75, 3.05) is 0 Å². The number of Topliss-reactive ketones (excluding diaryl/α,β-unsaturated/α-hetero) is 1. The molecule has 0 amide bonds. The van der Waals surface area contributed by atoms with Gasteiger partial charge in [-0.05, 0) is 34.1 Å². The molecule has 0 unspecified atom stereocenters. The van der Waals surface area contributed by atoms with Crippen LogP contribution in [-0.4, -0.2) is 28.9 Å². The van der Waals surface area contributed by atoms with Crippen LogP contribution in [0.25, 0.3) is 16.9 Å². The third-order valence-electron chi connectivity index (χ3n) is 5.02. The topological polar surface area (TPSA) is 83.3 Å². The van der Waals surface area contributed by atoms with E-state index in [1.165, 1.54) is 11.5 Å². The van der Waals surface area contributed by atoms with Gasteiger partial charge in [-0.25, -0.2) is 9.36 Å². The summed E-state index contributed by atoms with van der Waals surface area (Å²) >= 11 is 0. The van der Waals surface area contributed by atoms with Crippen LogP contribution in [0.2, 0.25) is 0 Å².